The average molecular weight is 326 g/mol. The Morgan fingerprint density at radius 3 is 2.14 bits per heavy atom. The Kier molecular flexibility index (Phi) is 4.52. The third kappa shape index (κ3) is 3.45. The number of amides is 1. The molecule has 2 rings (SSSR count). The molecule has 1 amide bonds. The van der Waals surface area contributed by atoms with Crippen molar-refractivity contribution in [3.8, 4) is 0 Å². The normalized spacial score (nSPS) is 19.9. The molecule has 0 unspecified atom stereocenters. The lowest BCUT2D eigenvalue weighted by Gasteiger charge is -2.38. The van der Waals surface area contributed by atoms with Crippen LogP contribution in [0.2, 0.25) is 0 Å². The van der Waals surface area contributed by atoms with Crippen molar-refractivity contribution in [2.24, 2.45) is 0 Å². The van der Waals surface area contributed by atoms with E-state index in [0.29, 0.717) is 18.7 Å². The first-order chi connectivity index (χ1) is 10.2. The van der Waals surface area contributed by atoms with Crippen LogP contribution in [0.15, 0.2) is 24.3 Å². The largest absolute Gasteiger partial charge is 0.478 e. The molecule has 0 aliphatic carbocycles. The highest BCUT2D eigenvalue weighted by Gasteiger charge is 2.32. The van der Waals surface area contributed by atoms with Gasteiger partial charge in [-0.1, -0.05) is 0 Å². The number of aromatic carboxylic acids is 1. The molecule has 8 heteroatoms. The van der Waals surface area contributed by atoms with Gasteiger partial charge in [0, 0.05) is 31.2 Å². The van der Waals surface area contributed by atoms with E-state index in [-0.39, 0.29) is 24.1 Å². The van der Waals surface area contributed by atoms with Crippen molar-refractivity contribution in [3.63, 3.8) is 0 Å². The molecule has 1 fully saturated rings. The Balaban J connectivity index is 2.10. The molecule has 1 saturated heterocycles. The number of rotatable bonds is 3. The molecule has 7 nitrogen and oxygen atoms in total. The number of nitrogens with zero attached hydrogens (tertiary/aromatic N) is 2. The fourth-order valence-corrected chi connectivity index (χ4v) is 3.69. The van der Waals surface area contributed by atoms with Crippen LogP contribution in [0.3, 0.4) is 0 Å². The van der Waals surface area contributed by atoms with Crippen LogP contribution in [-0.2, 0) is 10.0 Å². The van der Waals surface area contributed by atoms with Gasteiger partial charge in [0.05, 0.1) is 11.8 Å². The van der Waals surface area contributed by atoms with Gasteiger partial charge in [-0.15, -0.1) is 0 Å². The van der Waals surface area contributed by atoms with Crippen LogP contribution in [0, 0.1) is 0 Å². The van der Waals surface area contributed by atoms with Gasteiger partial charge in [-0.25, -0.2) is 13.2 Å². The minimum atomic E-state index is -3.27. The van der Waals surface area contributed by atoms with Gasteiger partial charge in [0.25, 0.3) is 5.91 Å². The average Bonchev–Trinajstić information content (AvgIpc) is 2.45. The number of carboxylic acid groups (broad SMARTS) is 1. The van der Waals surface area contributed by atoms with Gasteiger partial charge in [0.1, 0.15) is 0 Å². The van der Waals surface area contributed by atoms with Crippen LogP contribution in [0.4, 0.5) is 0 Å². The molecule has 1 aliphatic rings. The summed E-state index contributed by atoms with van der Waals surface area (Å²) < 4.78 is 24.6. The number of hydrogen-bond donors (Lipinski definition) is 1. The summed E-state index contributed by atoms with van der Waals surface area (Å²) >= 11 is 0. The number of carbonyl (C=O) groups is 2. The molecule has 0 saturated carbocycles. The minimum absolute atomic E-state index is 0.117. The molecule has 22 heavy (non-hydrogen) atoms. The van der Waals surface area contributed by atoms with Gasteiger partial charge in [-0.3, -0.25) is 4.79 Å². The number of sulfonamides is 1. The van der Waals surface area contributed by atoms with E-state index in [9.17, 15) is 18.0 Å². The van der Waals surface area contributed by atoms with Crippen LogP contribution in [0.5, 0.6) is 0 Å². The van der Waals surface area contributed by atoms with Gasteiger partial charge in [0.2, 0.25) is 10.0 Å². The Labute approximate surface area is 129 Å². The molecule has 120 valence electrons. The zero-order valence-corrected chi connectivity index (χ0v) is 13.2. The Morgan fingerprint density at radius 1 is 1.14 bits per heavy atom. The van der Waals surface area contributed by atoms with E-state index in [1.165, 1.54) is 28.6 Å². The Bertz CT molecular complexity index is 684. The van der Waals surface area contributed by atoms with Crippen LogP contribution in [0.25, 0.3) is 0 Å². The van der Waals surface area contributed by atoms with E-state index in [1.54, 1.807) is 11.8 Å². The fourth-order valence-electron chi connectivity index (χ4n) is 2.56. The van der Waals surface area contributed by atoms with Crippen molar-refractivity contribution in [1.29, 1.82) is 0 Å². The highest BCUT2D eigenvalue weighted by Crippen LogP contribution is 2.16. The highest BCUT2D eigenvalue weighted by atomic mass is 32.2. The zero-order chi connectivity index (χ0) is 16.5. The van der Waals surface area contributed by atoms with Crippen LogP contribution in [-0.4, -0.2) is 66.5 Å². The van der Waals surface area contributed by atoms with Crippen LogP contribution >= 0.6 is 0 Å². The first-order valence-electron chi connectivity index (χ1n) is 6.79. The van der Waals surface area contributed by atoms with Gasteiger partial charge in [0.15, 0.2) is 0 Å². The summed E-state index contributed by atoms with van der Waals surface area (Å²) in [5.74, 6) is -1.27. The molecule has 1 atom stereocenters. The maximum absolute atomic E-state index is 12.4. The van der Waals surface area contributed by atoms with E-state index >= 15 is 0 Å². The Morgan fingerprint density at radius 2 is 1.68 bits per heavy atom. The lowest BCUT2D eigenvalue weighted by atomic mass is 10.1. The second-order valence-electron chi connectivity index (χ2n) is 5.36. The van der Waals surface area contributed by atoms with Gasteiger partial charge in [-0.05, 0) is 31.2 Å². The molecule has 0 radical (unpaired) electrons. The zero-order valence-electron chi connectivity index (χ0n) is 12.4. The van der Waals surface area contributed by atoms with Crippen molar-refractivity contribution in [2.75, 3.05) is 25.9 Å². The second-order valence-corrected chi connectivity index (χ2v) is 7.29. The van der Waals surface area contributed by atoms with Crippen molar-refractivity contribution in [2.45, 2.75) is 13.0 Å². The maximum atomic E-state index is 12.4. The summed E-state index contributed by atoms with van der Waals surface area (Å²) in [6, 6.07) is 5.42. The number of carboxylic acids is 1. The smallest absolute Gasteiger partial charge is 0.335 e. The molecular weight excluding hydrogens is 308 g/mol. The van der Waals surface area contributed by atoms with E-state index in [4.69, 9.17) is 5.11 Å². The molecule has 1 N–H and O–H groups in total. The number of benzene rings is 1. The molecule has 0 aromatic heterocycles. The van der Waals surface area contributed by atoms with Crippen LogP contribution in [0.1, 0.15) is 27.6 Å². The standard InChI is InChI=1S/C14H18N2O5S/c1-10-9-15(7-8-16(10)22(2,20)21)13(17)11-3-5-12(6-4-11)14(18)19/h3-6,10H,7-9H2,1-2H3,(H,18,19)/t10-/m0/s1. The summed E-state index contributed by atoms with van der Waals surface area (Å²) in [6.45, 7) is 2.65. The highest BCUT2D eigenvalue weighted by molar-refractivity contribution is 7.88. The molecule has 0 bridgehead atoms. The van der Waals surface area contributed by atoms with E-state index in [1.807, 2.05) is 0 Å². The van der Waals surface area contributed by atoms with Gasteiger partial charge >= 0.3 is 5.97 Å². The monoisotopic (exact) mass is 326 g/mol. The summed E-state index contributed by atoms with van der Waals surface area (Å²) in [5, 5.41) is 8.85. The SMILES string of the molecule is C[C@H]1CN(C(=O)c2ccc(C(=O)O)cc2)CCN1S(C)(=O)=O. The quantitative estimate of drug-likeness (QED) is 0.872. The minimum Gasteiger partial charge on any atom is -0.478 e. The van der Waals surface area contributed by atoms with Gasteiger partial charge < -0.3 is 10.0 Å². The topological polar surface area (TPSA) is 95.0 Å². The molecule has 0 spiro atoms. The third-order valence-electron chi connectivity index (χ3n) is 3.66. The predicted octanol–water partition coefficient (Wildman–Crippen LogP) is 0.491. The number of carbonyl (C=O) groups excluding carboxylic acids is 1. The number of piperazine rings is 1. The summed E-state index contributed by atoms with van der Waals surface area (Å²) in [7, 11) is -3.27. The molecule has 1 aliphatic heterocycles. The molecule has 1 aromatic rings. The first-order valence-corrected chi connectivity index (χ1v) is 8.64. The molecule has 1 aromatic carbocycles. The van der Waals surface area contributed by atoms with Crippen molar-refractivity contribution in [1.82, 2.24) is 9.21 Å². The second kappa shape index (κ2) is 6.05. The fraction of sp³-hybridized carbons (Fsp3) is 0.429. The van der Waals surface area contributed by atoms with E-state index < -0.39 is 16.0 Å². The summed E-state index contributed by atoms with van der Waals surface area (Å²) in [6.07, 6.45) is 1.16. The van der Waals surface area contributed by atoms with E-state index in [0.717, 1.165) is 6.26 Å². The summed E-state index contributed by atoms with van der Waals surface area (Å²) in [4.78, 5) is 24.8. The maximum Gasteiger partial charge on any atom is 0.335 e. The number of hydrogen-bond acceptors (Lipinski definition) is 4. The van der Waals surface area contributed by atoms with Crippen molar-refractivity contribution in [3.05, 3.63) is 35.4 Å². The molecule has 1 heterocycles. The van der Waals surface area contributed by atoms with E-state index in [2.05, 4.69) is 0 Å². The molecular formula is C14H18N2O5S. The van der Waals surface area contributed by atoms with Crippen molar-refractivity contribution < 1.29 is 23.1 Å². The predicted molar refractivity (Wildman–Crippen MR) is 80.3 cm³/mol. The summed E-state index contributed by atoms with van der Waals surface area (Å²) in [5.41, 5.74) is 0.511. The lowest BCUT2D eigenvalue weighted by Crippen LogP contribution is -2.55. The third-order valence-corrected chi connectivity index (χ3v) is 5.05. The van der Waals surface area contributed by atoms with Gasteiger partial charge in [-0.2, -0.15) is 4.31 Å². The Hall–Kier alpha value is -1.93. The lowest BCUT2D eigenvalue weighted by molar-refractivity contribution is 0.0640. The van der Waals surface area contributed by atoms with Crippen molar-refractivity contribution >= 4 is 21.9 Å². The first kappa shape index (κ1) is 16.4. The van der Waals surface area contributed by atoms with Crippen LogP contribution < -0.4 is 0 Å².